The zero-order valence-corrected chi connectivity index (χ0v) is 13.1. The third kappa shape index (κ3) is 2.57. The number of nitrogens with one attached hydrogen (secondary N) is 1. The standard InChI is InChI=1S/C15H16BrFN2O2/c16-11-5-4-10(8-12(11)17)19-9-13(20)18-15(14(19)21)6-2-1-3-7-15/h4-5,8H,1-3,6-7,9H2,(H,18,20). The highest BCUT2D eigenvalue weighted by Gasteiger charge is 2.47. The number of hydrogen-bond acceptors (Lipinski definition) is 2. The van der Waals surface area contributed by atoms with E-state index in [1.54, 1.807) is 12.1 Å². The van der Waals surface area contributed by atoms with E-state index >= 15 is 0 Å². The number of rotatable bonds is 1. The van der Waals surface area contributed by atoms with Crippen molar-refractivity contribution >= 4 is 33.4 Å². The minimum atomic E-state index is -0.795. The molecule has 4 nitrogen and oxygen atoms in total. The topological polar surface area (TPSA) is 49.4 Å². The van der Waals surface area contributed by atoms with Gasteiger partial charge in [0.2, 0.25) is 5.91 Å². The lowest BCUT2D eigenvalue weighted by Crippen LogP contribution is -2.67. The van der Waals surface area contributed by atoms with E-state index in [-0.39, 0.29) is 18.4 Å². The van der Waals surface area contributed by atoms with E-state index in [1.165, 1.54) is 11.0 Å². The summed E-state index contributed by atoms with van der Waals surface area (Å²) in [6, 6.07) is 4.50. The van der Waals surface area contributed by atoms with Gasteiger partial charge < -0.3 is 10.2 Å². The van der Waals surface area contributed by atoms with Crippen molar-refractivity contribution in [3.05, 3.63) is 28.5 Å². The molecule has 1 N–H and O–H groups in total. The Labute approximate surface area is 130 Å². The Bertz CT molecular complexity index is 599. The maximum atomic E-state index is 13.7. The lowest BCUT2D eigenvalue weighted by atomic mass is 9.79. The van der Waals surface area contributed by atoms with E-state index in [4.69, 9.17) is 0 Å². The van der Waals surface area contributed by atoms with Crippen LogP contribution in [0.4, 0.5) is 10.1 Å². The molecule has 1 aromatic rings. The molecule has 0 bridgehead atoms. The fourth-order valence-corrected chi connectivity index (χ4v) is 3.44. The van der Waals surface area contributed by atoms with Crippen molar-refractivity contribution in [1.82, 2.24) is 5.32 Å². The first-order valence-corrected chi connectivity index (χ1v) is 7.89. The number of anilines is 1. The summed E-state index contributed by atoms with van der Waals surface area (Å²) in [5, 5.41) is 2.87. The van der Waals surface area contributed by atoms with Crippen molar-refractivity contribution < 1.29 is 14.0 Å². The van der Waals surface area contributed by atoms with Crippen LogP contribution in [-0.2, 0) is 9.59 Å². The summed E-state index contributed by atoms with van der Waals surface area (Å²) in [5.41, 5.74) is -0.363. The van der Waals surface area contributed by atoms with Gasteiger partial charge in [0.15, 0.2) is 0 Å². The first-order valence-electron chi connectivity index (χ1n) is 7.10. The highest BCUT2D eigenvalue weighted by Crippen LogP contribution is 2.34. The largest absolute Gasteiger partial charge is 0.340 e. The monoisotopic (exact) mass is 354 g/mol. The number of hydrogen-bond donors (Lipinski definition) is 1. The van der Waals surface area contributed by atoms with Crippen LogP contribution in [0.2, 0.25) is 0 Å². The molecule has 21 heavy (non-hydrogen) atoms. The number of carbonyl (C=O) groups is 2. The van der Waals surface area contributed by atoms with Gasteiger partial charge in [0.05, 0.1) is 4.47 Å². The number of halogens is 2. The lowest BCUT2D eigenvalue weighted by Gasteiger charge is -2.44. The first kappa shape index (κ1) is 14.5. The molecule has 1 aliphatic heterocycles. The van der Waals surface area contributed by atoms with Crippen LogP contribution in [0.1, 0.15) is 32.1 Å². The normalized spacial score (nSPS) is 21.5. The van der Waals surface area contributed by atoms with E-state index in [0.717, 1.165) is 19.3 Å². The Morgan fingerprint density at radius 2 is 1.90 bits per heavy atom. The zero-order valence-electron chi connectivity index (χ0n) is 11.5. The summed E-state index contributed by atoms with van der Waals surface area (Å²) in [6.07, 6.45) is 4.25. The summed E-state index contributed by atoms with van der Waals surface area (Å²) in [4.78, 5) is 26.2. The van der Waals surface area contributed by atoms with Crippen LogP contribution >= 0.6 is 15.9 Å². The second kappa shape index (κ2) is 5.40. The van der Waals surface area contributed by atoms with Crippen LogP contribution in [0.25, 0.3) is 0 Å². The van der Waals surface area contributed by atoms with Crippen molar-refractivity contribution in [2.75, 3.05) is 11.4 Å². The molecule has 1 heterocycles. The molecule has 1 saturated heterocycles. The van der Waals surface area contributed by atoms with Gasteiger partial charge in [0.1, 0.15) is 17.9 Å². The van der Waals surface area contributed by atoms with Crippen molar-refractivity contribution in [3.8, 4) is 0 Å². The van der Waals surface area contributed by atoms with Crippen LogP contribution in [0, 0.1) is 5.82 Å². The molecule has 1 aromatic carbocycles. The van der Waals surface area contributed by atoms with E-state index in [0.29, 0.717) is 23.0 Å². The van der Waals surface area contributed by atoms with E-state index in [1.807, 2.05) is 0 Å². The van der Waals surface area contributed by atoms with Crippen molar-refractivity contribution in [1.29, 1.82) is 0 Å². The molecule has 1 spiro atoms. The summed E-state index contributed by atoms with van der Waals surface area (Å²) in [5.74, 6) is -0.743. The molecule has 6 heteroatoms. The SMILES string of the molecule is O=C1CN(c2ccc(Br)c(F)c2)C(=O)C2(CCCCC2)N1. The van der Waals surface area contributed by atoms with Gasteiger partial charge in [-0.05, 0) is 47.0 Å². The molecular formula is C15H16BrFN2O2. The molecule has 0 radical (unpaired) electrons. The smallest absolute Gasteiger partial charge is 0.253 e. The number of benzene rings is 1. The number of piperazine rings is 1. The predicted molar refractivity (Wildman–Crippen MR) is 80.4 cm³/mol. The molecule has 1 aliphatic carbocycles. The Morgan fingerprint density at radius 1 is 1.19 bits per heavy atom. The molecule has 0 unspecified atom stereocenters. The van der Waals surface area contributed by atoms with Crippen LogP contribution in [0.5, 0.6) is 0 Å². The Morgan fingerprint density at radius 3 is 2.57 bits per heavy atom. The van der Waals surface area contributed by atoms with Crippen molar-refractivity contribution in [2.24, 2.45) is 0 Å². The summed E-state index contributed by atoms with van der Waals surface area (Å²) < 4.78 is 14.0. The Hall–Kier alpha value is -1.43. The number of carbonyl (C=O) groups excluding carboxylic acids is 2. The van der Waals surface area contributed by atoms with Crippen LogP contribution in [0.15, 0.2) is 22.7 Å². The lowest BCUT2D eigenvalue weighted by molar-refractivity contribution is -0.137. The highest BCUT2D eigenvalue weighted by molar-refractivity contribution is 9.10. The van der Waals surface area contributed by atoms with Gasteiger partial charge in [0, 0.05) is 5.69 Å². The third-order valence-electron chi connectivity index (χ3n) is 4.26. The van der Waals surface area contributed by atoms with E-state index in [2.05, 4.69) is 21.2 Å². The average Bonchev–Trinajstić information content (AvgIpc) is 2.47. The second-order valence-corrected chi connectivity index (χ2v) is 6.53. The molecule has 112 valence electrons. The van der Waals surface area contributed by atoms with Gasteiger partial charge in [-0.1, -0.05) is 19.3 Å². The quantitative estimate of drug-likeness (QED) is 0.842. The average molecular weight is 355 g/mol. The second-order valence-electron chi connectivity index (χ2n) is 5.68. The van der Waals surface area contributed by atoms with Crippen molar-refractivity contribution in [2.45, 2.75) is 37.6 Å². The molecule has 2 fully saturated rings. The van der Waals surface area contributed by atoms with Gasteiger partial charge >= 0.3 is 0 Å². The fraction of sp³-hybridized carbons (Fsp3) is 0.467. The maximum Gasteiger partial charge on any atom is 0.253 e. The van der Waals surface area contributed by atoms with E-state index < -0.39 is 11.4 Å². The Kier molecular flexibility index (Phi) is 3.73. The zero-order chi connectivity index (χ0) is 15.0. The van der Waals surface area contributed by atoms with Gasteiger partial charge in [-0.3, -0.25) is 9.59 Å². The molecule has 2 amide bonds. The third-order valence-corrected chi connectivity index (χ3v) is 4.90. The van der Waals surface area contributed by atoms with Gasteiger partial charge in [-0.25, -0.2) is 4.39 Å². The minimum absolute atomic E-state index is 0.0539. The van der Waals surface area contributed by atoms with Crippen LogP contribution in [-0.4, -0.2) is 23.9 Å². The predicted octanol–water partition coefficient (Wildman–Crippen LogP) is 2.75. The molecule has 1 saturated carbocycles. The van der Waals surface area contributed by atoms with Gasteiger partial charge in [-0.15, -0.1) is 0 Å². The molecule has 0 aromatic heterocycles. The highest BCUT2D eigenvalue weighted by atomic mass is 79.9. The molecule has 0 atom stereocenters. The number of nitrogens with zero attached hydrogens (tertiary/aromatic N) is 1. The minimum Gasteiger partial charge on any atom is -0.340 e. The van der Waals surface area contributed by atoms with Gasteiger partial charge in [0.25, 0.3) is 5.91 Å². The molecule has 3 rings (SSSR count). The van der Waals surface area contributed by atoms with Crippen molar-refractivity contribution in [3.63, 3.8) is 0 Å². The first-order chi connectivity index (χ1) is 10.0. The molecule has 2 aliphatic rings. The molecular weight excluding hydrogens is 339 g/mol. The summed E-state index contributed by atoms with van der Waals surface area (Å²) >= 11 is 3.09. The van der Waals surface area contributed by atoms with E-state index in [9.17, 15) is 14.0 Å². The maximum absolute atomic E-state index is 13.7. The summed E-state index contributed by atoms with van der Waals surface area (Å²) in [7, 11) is 0. The summed E-state index contributed by atoms with van der Waals surface area (Å²) in [6.45, 7) is -0.0539. The van der Waals surface area contributed by atoms with Crippen LogP contribution < -0.4 is 10.2 Å². The number of amides is 2. The van der Waals surface area contributed by atoms with Gasteiger partial charge in [-0.2, -0.15) is 0 Å². The fourth-order valence-electron chi connectivity index (χ4n) is 3.19. The Balaban J connectivity index is 1.95. The van der Waals surface area contributed by atoms with Crippen LogP contribution in [0.3, 0.4) is 0 Å².